The van der Waals surface area contributed by atoms with E-state index in [1.165, 1.54) is 12.1 Å². The lowest BCUT2D eigenvalue weighted by molar-refractivity contribution is -0.385. The van der Waals surface area contributed by atoms with Crippen molar-refractivity contribution < 1.29 is 19.6 Å². The van der Waals surface area contributed by atoms with Gasteiger partial charge in [0.25, 0.3) is 11.6 Å². The zero-order chi connectivity index (χ0) is 15.3. The predicted molar refractivity (Wildman–Crippen MR) is 71.8 cm³/mol. The van der Waals surface area contributed by atoms with Crippen LogP contribution in [0.3, 0.4) is 0 Å². The third-order valence-electron chi connectivity index (χ3n) is 2.35. The first-order valence-corrected chi connectivity index (χ1v) is 5.80. The summed E-state index contributed by atoms with van der Waals surface area (Å²) < 4.78 is 0. The van der Waals surface area contributed by atoms with E-state index >= 15 is 0 Å². The molecule has 0 aliphatic rings. The molecule has 0 spiro atoms. The highest BCUT2D eigenvalue weighted by atomic mass is 35.5. The Kier molecular flexibility index (Phi) is 5.22. The molecule has 106 valence electrons. The van der Waals surface area contributed by atoms with Crippen LogP contribution in [0.2, 0.25) is 5.02 Å². The van der Waals surface area contributed by atoms with Crippen LogP contribution >= 0.6 is 11.6 Å². The number of rotatable bonds is 6. The molecule has 0 unspecified atom stereocenters. The first-order chi connectivity index (χ1) is 9.36. The summed E-state index contributed by atoms with van der Waals surface area (Å²) in [5.41, 5.74) is -0.690. The van der Waals surface area contributed by atoms with E-state index in [-0.39, 0.29) is 17.1 Å². The lowest BCUT2D eigenvalue weighted by Gasteiger charge is -2.18. The summed E-state index contributed by atoms with van der Waals surface area (Å²) in [7, 11) is 0. The molecular weight excluding hydrogens is 288 g/mol. The van der Waals surface area contributed by atoms with Crippen molar-refractivity contribution in [3.8, 4) is 0 Å². The summed E-state index contributed by atoms with van der Waals surface area (Å²) in [4.78, 5) is 34.0. The number of amides is 1. The number of carbonyl (C=O) groups excluding carboxylic acids is 1. The van der Waals surface area contributed by atoms with Crippen LogP contribution in [0.1, 0.15) is 10.4 Å². The van der Waals surface area contributed by atoms with Gasteiger partial charge in [-0.2, -0.15) is 0 Å². The van der Waals surface area contributed by atoms with Crippen molar-refractivity contribution in [2.75, 3.05) is 13.1 Å². The highest BCUT2D eigenvalue weighted by molar-refractivity contribution is 6.31. The minimum absolute atomic E-state index is 0.0468. The first kappa shape index (κ1) is 15.6. The van der Waals surface area contributed by atoms with Crippen LogP contribution in [0.4, 0.5) is 5.69 Å². The molecule has 1 N–H and O–H groups in total. The number of carboxylic acid groups (broad SMARTS) is 1. The van der Waals surface area contributed by atoms with Crippen molar-refractivity contribution >= 4 is 29.2 Å². The number of benzene rings is 1. The van der Waals surface area contributed by atoms with Gasteiger partial charge in [0.05, 0.1) is 4.92 Å². The quantitative estimate of drug-likeness (QED) is 0.491. The molecule has 1 rings (SSSR count). The fraction of sp³-hybridized carbons (Fsp3) is 0.167. The predicted octanol–water partition coefficient (Wildman–Crippen LogP) is 1.96. The number of hydrogen-bond donors (Lipinski definition) is 1. The van der Waals surface area contributed by atoms with E-state index in [1.54, 1.807) is 0 Å². The van der Waals surface area contributed by atoms with Crippen LogP contribution < -0.4 is 0 Å². The van der Waals surface area contributed by atoms with Gasteiger partial charge in [0.15, 0.2) is 0 Å². The number of nitro groups is 1. The van der Waals surface area contributed by atoms with E-state index in [4.69, 9.17) is 16.7 Å². The molecule has 1 amide bonds. The van der Waals surface area contributed by atoms with Crippen LogP contribution in [0, 0.1) is 10.1 Å². The Balaban J connectivity index is 3.22. The Labute approximate surface area is 119 Å². The van der Waals surface area contributed by atoms with E-state index in [0.717, 1.165) is 17.0 Å². The molecule has 7 nitrogen and oxygen atoms in total. The lowest BCUT2D eigenvalue weighted by atomic mass is 10.1. The molecule has 0 fully saturated rings. The number of halogens is 1. The van der Waals surface area contributed by atoms with Crippen LogP contribution in [-0.2, 0) is 4.79 Å². The third kappa shape index (κ3) is 3.79. The molecule has 0 radical (unpaired) electrons. The summed E-state index contributed by atoms with van der Waals surface area (Å²) in [6, 6.07) is 3.52. The summed E-state index contributed by atoms with van der Waals surface area (Å²) >= 11 is 5.72. The fourth-order valence-electron chi connectivity index (χ4n) is 1.55. The minimum atomic E-state index is -1.23. The lowest BCUT2D eigenvalue weighted by Crippen LogP contribution is -2.36. The number of nitro benzene ring substituents is 1. The van der Waals surface area contributed by atoms with Gasteiger partial charge < -0.3 is 10.0 Å². The van der Waals surface area contributed by atoms with Crippen molar-refractivity contribution in [2.24, 2.45) is 0 Å². The van der Waals surface area contributed by atoms with Gasteiger partial charge in [-0.15, -0.1) is 6.58 Å². The average molecular weight is 299 g/mol. The molecule has 0 atom stereocenters. The summed E-state index contributed by atoms with van der Waals surface area (Å²) in [5, 5.41) is 19.8. The maximum atomic E-state index is 12.2. The molecule has 0 bridgehead atoms. The van der Waals surface area contributed by atoms with Crippen molar-refractivity contribution in [2.45, 2.75) is 0 Å². The Morgan fingerprint density at radius 3 is 2.65 bits per heavy atom. The SMILES string of the molecule is C=CCN(CC(=O)O)C(=O)c1cc(Cl)ccc1[N+](=O)[O-]. The maximum absolute atomic E-state index is 12.2. The van der Waals surface area contributed by atoms with E-state index < -0.39 is 29.0 Å². The van der Waals surface area contributed by atoms with Crippen molar-refractivity contribution in [1.29, 1.82) is 0 Å². The van der Waals surface area contributed by atoms with E-state index in [0.29, 0.717) is 0 Å². The fourth-order valence-corrected chi connectivity index (χ4v) is 1.72. The Morgan fingerprint density at radius 1 is 1.50 bits per heavy atom. The molecule has 20 heavy (non-hydrogen) atoms. The van der Waals surface area contributed by atoms with Gasteiger partial charge in [-0.1, -0.05) is 17.7 Å². The zero-order valence-corrected chi connectivity index (χ0v) is 11.0. The van der Waals surface area contributed by atoms with Crippen LogP contribution in [-0.4, -0.2) is 39.9 Å². The molecule has 0 saturated heterocycles. The highest BCUT2D eigenvalue weighted by Crippen LogP contribution is 2.24. The number of hydrogen-bond acceptors (Lipinski definition) is 4. The molecule has 0 aromatic heterocycles. The average Bonchev–Trinajstić information content (AvgIpc) is 2.36. The maximum Gasteiger partial charge on any atom is 0.323 e. The van der Waals surface area contributed by atoms with Gasteiger partial charge in [-0.25, -0.2) is 0 Å². The Bertz CT molecular complexity index is 573. The van der Waals surface area contributed by atoms with E-state index in [1.807, 2.05) is 0 Å². The number of carbonyl (C=O) groups is 2. The second-order valence-corrected chi connectivity index (χ2v) is 4.22. The second kappa shape index (κ2) is 6.67. The summed E-state index contributed by atoms with van der Waals surface area (Å²) in [6.45, 7) is 2.78. The Morgan fingerprint density at radius 2 is 2.15 bits per heavy atom. The van der Waals surface area contributed by atoms with Crippen LogP contribution in [0.25, 0.3) is 0 Å². The Hall–Kier alpha value is -2.41. The second-order valence-electron chi connectivity index (χ2n) is 3.79. The normalized spacial score (nSPS) is 9.85. The number of carboxylic acids is 1. The molecule has 8 heteroatoms. The largest absolute Gasteiger partial charge is 0.480 e. The monoisotopic (exact) mass is 298 g/mol. The van der Waals surface area contributed by atoms with Crippen LogP contribution in [0.5, 0.6) is 0 Å². The van der Waals surface area contributed by atoms with E-state index in [2.05, 4.69) is 6.58 Å². The smallest absolute Gasteiger partial charge is 0.323 e. The zero-order valence-electron chi connectivity index (χ0n) is 10.3. The van der Waals surface area contributed by atoms with Crippen molar-refractivity contribution in [3.05, 3.63) is 51.6 Å². The minimum Gasteiger partial charge on any atom is -0.480 e. The summed E-state index contributed by atoms with van der Waals surface area (Å²) in [5.74, 6) is -2.02. The molecule has 1 aromatic carbocycles. The van der Waals surface area contributed by atoms with Gasteiger partial charge in [0, 0.05) is 17.6 Å². The van der Waals surface area contributed by atoms with Crippen molar-refractivity contribution in [3.63, 3.8) is 0 Å². The van der Waals surface area contributed by atoms with Gasteiger partial charge in [-0.3, -0.25) is 19.7 Å². The topological polar surface area (TPSA) is 101 Å². The third-order valence-corrected chi connectivity index (χ3v) is 2.58. The molecule has 0 aliphatic carbocycles. The van der Waals surface area contributed by atoms with Gasteiger partial charge in [-0.05, 0) is 12.1 Å². The highest BCUT2D eigenvalue weighted by Gasteiger charge is 2.25. The van der Waals surface area contributed by atoms with Crippen molar-refractivity contribution in [1.82, 2.24) is 4.90 Å². The molecule has 0 heterocycles. The molecular formula is C12H11ClN2O5. The molecule has 0 aliphatic heterocycles. The number of nitrogens with zero attached hydrogens (tertiary/aromatic N) is 2. The van der Waals surface area contributed by atoms with Gasteiger partial charge in [0.2, 0.25) is 0 Å². The summed E-state index contributed by atoms with van der Waals surface area (Å²) in [6.07, 6.45) is 1.33. The molecule has 1 aromatic rings. The molecule has 0 saturated carbocycles. The van der Waals surface area contributed by atoms with E-state index in [9.17, 15) is 19.7 Å². The standard InChI is InChI=1S/C12H11ClN2O5/c1-2-5-14(7-11(16)17)12(18)9-6-8(13)3-4-10(9)15(19)20/h2-4,6H,1,5,7H2,(H,16,17). The van der Waals surface area contributed by atoms with Gasteiger partial charge >= 0.3 is 5.97 Å². The first-order valence-electron chi connectivity index (χ1n) is 5.42. The number of aliphatic carboxylic acids is 1. The van der Waals surface area contributed by atoms with Crippen LogP contribution in [0.15, 0.2) is 30.9 Å². The van der Waals surface area contributed by atoms with Gasteiger partial charge in [0.1, 0.15) is 12.1 Å².